The summed E-state index contributed by atoms with van der Waals surface area (Å²) < 4.78 is 0.995. The molecule has 2 aromatic rings. The van der Waals surface area contributed by atoms with E-state index in [1.165, 1.54) is 0 Å². The number of carbonyl (C=O) groups is 1. The summed E-state index contributed by atoms with van der Waals surface area (Å²) in [6, 6.07) is 13.1. The van der Waals surface area contributed by atoms with E-state index in [9.17, 15) is 4.79 Å². The standard InChI is InChI=1S/C15H13BrClNO/c1-10-8-12(16)6-7-14(10)18-15(19)9-11-4-2-3-5-13(11)17/h2-8H,9H2,1H3,(H,18,19). The van der Waals surface area contributed by atoms with Crippen molar-refractivity contribution in [2.75, 3.05) is 5.32 Å². The molecule has 1 N–H and O–H groups in total. The van der Waals surface area contributed by atoms with Gasteiger partial charge in [0.15, 0.2) is 0 Å². The van der Waals surface area contributed by atoms with Crippen molar-refractivity contribution in [2.24, 2.45) is 0 Å². The summed E-state index contributed by atoms with van der Waals surface area (Å²) in [5, 5.41) is 3.51. The Morgan fingerprint density at radius 1 is 1.26 bits per heavy atom. The predicted octanol–water partition coefficient (Wildman–Crippen LogP) is 4.59. The molecule has 4 heteroatoms. The highest BCUT2D eigenvalue weighted by Crippen LogP contribution is 2.21. The first-order chi connectivity index (χ1) is 9.06. The summed E-state index contributed by atoms with van der Waals surface area (Å²) in [7, 11) is 0. The van der Waals surface area contributed by atoms with Gasteiger partial charge in [-0.2, -0.15) is 0 Å². The second kappa shape index (κ2) is 6.22. The largest absolute Gasteiger partial charge is 0.326 e. The van der Waals surface area contributed by atoms with Gasteiger partial charge in [-0.1, -0.05) is 45.7 Å². The lowest BCUT2D eigenvalue weighted by Gasteiger charge is -2.09. The molecule has 1 amide bonds. The molecule has 2 nitrogen and oxygen atoms in total. The van der Waals surface area contributed by atoms with Crippen LogP contribution in [-0.4, -0.2) is 5.91 Å². The quantitative estimate of drug-likeness (QED) is 0.871. The van der Waals surface area contributed by atoms with Gasteiger partial charge in [0.1, 0.15) is 0 Å². The van der Waals surface area contributed by atoms with Gasteiger partial charge in [-0.15, -0.1) is 0 Å². The van der Waals surface area contributed by atoms with E-state index in [4.69, 9.17) is 11.6 Å². The van der Waals surface area contributed by atoms with Crippen LogP contribution in [0.1, 0.15) is 11.1 Å². The van der Waals surface area contributed by atoms with E-state index in [0.29, 0.717) is 5.02 Å². The number of hydrogen-bond acceptors (Lipinski definition) is 1. The maximum absolute atomic E-state index is 12.0. The fraction of sp³-hybridized carbons (Fsp3) is 0.133. The second-order valence-corrected chi connectivity index (χ2v) is 5.60. The number of carbonyl (C=O) groups excluding carboxylic acids is 1. The van der Waals surface area contributed by atoms with Crippen LogP contribution in [0.4, 0.5) is 5.69 Å². The zero-order valence-electron chi connectivity index (χ0n) is 10.4. The summed E-state index contributed by atoms with van der Waals surface area (Å²) in [6.07, 6.45) is 0.273. The monoisotopic (exact) mass is 337 g/mol. The van der Waals surface area contributed by atoms with Gasteiger partial charge in [-0.05, 0) is 42.3 Å². The highest BCUT2D eigenvalue weighted by Gasteiger charge is 2.08. The molecule has 2 aromatic carbocycles. The highest BCUT2D eigenvalue weighted by molar-refractivity contribution is 9.10. The first-order valence-electron chi connectivity index (χ1n) is 5.85. The van der Waals surface area contributed by atoms with Crippen molar-refractivity contribution in [3.8, 4) is 0 Å². The number of aryl methyl sites for hydroxylation is 1. The Balaban J connectivity index is 2.08. The predicted molar refractivity (Wildman–Crippen MR) is 82.7 cm³/mol. The van der Waals surface area contributed by atoms with Crippen LogP contribution in [0.5, 0.6) is 0 Å². The lowest BCUT2D eigenvalue weighted by molar-refractivity contribution is -0.115. The van der Waals surface area contributed by atoms with E-state index in [-0.39, 0.29) is 12.3 Å². The van der Waals surface area contributed by atoms with Crippen molar-refractivity contribution in [1.82, 2.24) is 0 Å². The molecule has 2 rings (SSSR count). The zero-order valence-corrected chi connectivity index (χ0v) is 12.8. The minimum Gasteiger partial charge on any atom is -0.326 e. The minimum atomic E-state index is -0.0708. The van der Waals surface area contributed by atoms with Crippen molar-refractivity contribution in [3.63, 3.8) is 0 Å². The SMILES string of the molecule is Cc1cc(Br)ccc1NC(=O)Cc1ccccc1Cl. The number of amides is 1. The molecule has 0 bridgehead atoms. The second-order valence-electron chi connectivity index (χ2n) is 4.28. The number of benzene rings is 2. The fourth-order valence-electron chi connectivity index (χ4n) is 1.78. The zero-order chi connectivity index (χ0) is 13.8. The lowest BCUT2D eigenvalue weighted by atomic mass is 10.1. The Bertz CT molecular complexity index is 613. The molecule has 0 radical (unpaired) electrons. The lowest BCUT2D eigenvalue weighted by Crippen LogP contribution is -2.15. The van der Waals surface area contributed by atoms with E-state index >= 15 is 0 Å². The summed E-state index contributed by atoms with van der Waals surface area (Å²) in [6.45, 7) is 1.95. The maximum Gasteiger partial charge on any atom is 0.228 e. The van der Waals surface area contributed by atoms with E-state index in [1.54, 1.807) is 6.07 Å². The molecule has 0 aliphatic heterocycles. The molecule has 0 heterocycles. The van der Waals surface area contributed by atoms with Crippen molar-refractivity contribution in [2.45, 2.75) is 13.3 Å². The van der Waals surface area contributed by atoms with E-state index in [2.05, 4.69) is 21.2 Å². The molecule has 98 valence electrons. The van der Waals surface area contributed by atoms with Crippen LogP contribution in [0.25, 0.3) is 0 Å². The van der Waals surface area contributed by atoms with Gasteiger partial charge in [0, 0.05) is 15.2 Å². The number of anilines is 1. The Hall–Kier alpha value is -1.32. The van der Waals surface area contributed by atoms with Gasteiger partial charge >= 0.3 is 0 Å². The molecule has 0 saturated carbocycles. The number of rotatable bonds is 3. The highest BCUT2D eigenvalue weighted by atomic mass is 79.9. The van der Waals surface area contributed by atoms with Crippen LogP contribution < -0.4 is 5.32 Å². The Kier molecular flexibility index (Phi) is 4.61. The van der Waals surface area contributed by atoms with Crippen LogP contribution in [0, 0.1) is 6.92 Å². The Labute approximate surface area is 125 Å². The normalized spacial score (nSPS) is 10.3. The minimum absolute atomic E-state index is 0.0708. The van der Waals surface area contributed by atoms with Crippen molar-refractivity contribution >= 4 is 39.1 Å². The number of nitrogens with one attached hydrogen (secondary N) is 1. The van der Waals surface area contributed by atoms with Crippen LogP contribution in [-0.2, 0) is 11.2 Å². The van der Waals surface area contributed by atoms with Gasteiger partial charge in [0.25, 0.3) is 0 Å². The van der Waals surface area contributed by atoms with Crippen LogP contribution in [0.2, 0.25) is 5.02 Å². The first kappa shape index (κ1) is 14.1. The molecule has 0 aliphatic carbocycles. The Morgan fingerprint density at radius 3 is 2.68 bits per heavy atom. The van der Waals surface area contributed by atoms with E-state index in [0.717, 1.165) is 21.3 Å². The van der Waals surface area contributed by atoms with Crippen molar-refractivity contribution in [3.05, 3.63) is 63.1 Å². The van der Waals surface area contributed by atoms with Gasteiger partial charge in [-0.3, -0.25) is 4.79 Å². The molecule has 0 fully saturated rings. The molecule has 0 unspecified atom stereocenters. The van der Waals surface area contributed by atoms with E-state index in [1.807, 2.05) is 43.3 Å². The number of halogens is 2. The number of hydrogen-bond donors (Lipinski definition) is 1. The van der Waals surface area contributed by atoms with E-state index < -0.39 is 0 Å². The topological polar surface area (TPSA) is 29.1 Å². The molecule has 0 aromatic heterocycles. The first-order valence-corrected chi connectivity index (χ1v) is 7.03. The molecule has 0 spiro atoms. The van der Waals surface area contributed by atoms with Gasteiger partial charge in [0.2, 0.25) is 5.91 Å². The van der Waals surface area contributed by atoms with Crippen LogP contribution >= 0.6 is 27.5 Å². The molecular weight excluding hydrogens is 326 g/mol. The van der Waals surface area contributed by atoms with Crippen molar-refractivity contribution in [1.29, 1.82) is 0 Å². The fourth-order valence-corrected chi connectivity index (χ4v) is 2.45. The molecule has 0 saturated heterocycles. The molecule has 19 heavy (non-hydrogen) atoms. The third-order valence-corrected chi connectivity index (χ3v) is 3.63. The average molecular weight is 339 g/mol. The molecule has 0 aliphatic rings. The average Bonchev–Trinajstić information content (AvgIpc) is 2.36. The van der Waals surface area contributed by atoms with Gasteiger partial charge in [-0.25, -0.2) is 0 Å². The summed E-state index contributed by atoms with van der Waals surface area (Å²) in [4.78, 5) is 12.0. The molecule has 0 atom stereocenters. The summed E-state index contributed by atoms with van der Waals surface area (Å²) in [5.74, 6) is -0.0708. The van der Waals surface area contributed by atoms with Gasteiger partial charge < -0.3 is 5.32 Å². The Morgan fingerprint density at radius 2 is 2.00 bits per heavy atom. The summed E-state index contributed by atoms with van der Waals surface area (Å²) >= 11 is 9.43. The van der Waals surface area contributed by atoms with Crippen LogP contribution in [0.3, 0.4) is 0 Å². The summed E-state index contributed by atoms with van der Waals surface area (Å²) in [5.41, 5.74) is 2.67. The molecular formula is C15H13BrClNO. The van der Waals surface area contributed by atoms with Crippen molar-refractivity contribution < 1.29 is 4.79 Å². The smallest absolute Gasteiger partial charge is 0.228 e. The van der Waals surface area contributed by atoms with Gasteiger partial charge in [0.05, 0.1) is 6.42 Å². The third kappa shape index (κ3) is 3.82. The maximum atomic E-state index is 12.0. The third-order valence-electron chi connectivity index (χ3n) is 2.77. The van der Waals surface area contributed by atoms with Crippen LogP contribution in [0.15, 0.2) is 46.9 Å².